The van der Waals surface area contributed by atoms with Crippen LogP contribution in [0.1, 0.15) is 38.3 Å². The minimum absolute atomic E-state index is 0.138. The van der Waals surface area contributed by atoms with Crippen LogP contribution in [0.25, 0.3) is 11.1 Å². The first-order valence-electron chi connectivity index (χ1n) is 9.11. The third-order valence-corrected chi connectivity index (χ3v) is 8.01. The van der Waals surface area contributed by atoms with Gasteiger partial charge in [0.2, 0.25) is 0 Å². The van der Waals surface area contributed by atoms with E-state index < -0.39 is 8.24 Å². The standard InChI is InChI=1S/C23H29NSi/c1-23(2,3)24-25(4,5)20-16-21(18-12-8-6-9-13-18)22(17-20)19-14-10-7-11-15-19/h6-16,24H,17H2,1-5H3. The van der Waals surface area contributed by atoms with Crippen LogP contribution >= 0.6 is 0 Å². The maximum atomic E-state index is 3.93. The molecule has 0 unspecified atom stereocenters. The van der Waals surface area contributed by atoms with E-state index in [1.54, 1.807) is 5.20 Å². The molecule has 0 aromatic heterocycles. The van der Waals surface area contributed by atoms with Gasteiger partial charge in [0, 0.05) is 5.54 Å². The van der Waals surface area contributed by atoms with Crippen LogP contribution in [0.5, 0.6) is 0 Å². The molecule has 1 aliphatic rings. The van der Waals surface area contributed by atoms with Gasteiger partial charge in [0.25, 0.3) is 0 Å². The van der Waals surface area contributed by atoms with E-state index in [2.05, 4.69) is 106 Å². The summed E-state index contributed by atoms with van der Waals surface area (Å²) in [6.07, 6.45) is 3.51. The minimum Gasteiger partial charge on any atom is -0.329 e. The summed E-state index contributed by atoms with van der Waals surface area (Å²) in [4.78, 5) is 3.93. The Bertz CT molecular complexity index is 793. The molecule has 0 spiro atoms. The monoisotopic (exact) mass is 347 g/mol. The second-order valence-electron chi connectivity index (χ2n) is 8.47. The summed E-state index contributed by atoms with van der Waals surface area (Å²) >= 11 is 0. The molecule has 0 bridgehead atoms. The van der Waals surface area contributed by atoms with Gasteiger partial charge in [-0.15, -0.1) is 0 Å². The molecule has 25 heavy (non-hydrogen) atoms. The van der Waals surface area contributed by atoms with Crippen molar-refractivity contribution in [3.63, 3.8) is 0 Å². The van der Waals surface area contributed by atoms with Gasteiger partial charge in [-0.05, 0) is 49.5 Å². The molecule has 0 saturated carbocycles. The molecule has 0 radical (unpaired) electrons. The number of hydrogen-bond acceptors (Lipinski definition) is 1. The van der Waals surface area contributed by atoms with Crippen molar-refractivity contribution in [2.45, 2.75) is 45.8 Å². The van der Waals surface area contributed by atoms with Crippen LogP contribution in [0, 0.1) is 0 Å². The first kappa shape index (κ1) is 17.9. The topological polar surface area (TPSA) is 12.0 Å². The minimum atomic E-state index is -1.69. The molecule has 2 aromatic carbocycles. The summed E-state index contributed by atoms with van der Waals surface area (Å²) < 4.78 is 0. The molecule has 2 heteroatoms. The van der Waals surface area contributed by atoms with Crippen LogP contribution in [0.15, 0.2) is 71.9 Å². The van der Waals surface area contributed by atoms with Crippen LogP contribution in [0.3, 0.4) is 0 Å². The molecule has 0 saturated heterocycles. The molecule has 1 N–H and O–H groups in total. The highest BCUT2D eigenvalue weighted by atomic mass is 28.3. The van der Waals surface area contributed by atoms with Gasteiger partial charge in [0.05, 0.1) is 0 Å². The van der Waals surface area contributed by atoms with Gasteiger partial charge in [0.1, 0.15) is 8.24 Å². The smallest absolute Gasteiger partial charge is 0.148 e. The number of allylic oxidation sites excluding steroid dienone is 4. The maximum Gasteiger partial charge on any atom is 0.148 e. The third kappa shape index (κ3) is 4.20. The van der Waals surface area contributed by atoms with E-state index in [1.165, 1.54) is 22.3 Å². The fraction of sp³-hybridized carbons (Fsp3) is 0.304. The molecular weight excluding hydrogens is 318 g/mol. The van der Waals surface area contributed by atoms with Gasteiger partial charge in [-0.2, -0.15) is 0 Å². The predicted molar refractivity (Wildman–Crippen MR) is 113 cm³/mol. The average molecular weight is 348 g/mol. The first-order valence-corrected chi connectivity index (χ1v) is 12.1. The van der Waals surface area contributed by atoms with Gasteiger partial charge < -0.3 is 4.98 Å². The molecule has 130 valence electrons. The third-order valence-electron chi connectivity index (χ3n) is 4.71. The van der Waals surface area contributed by atoms with Crippen molar-refractivity contribution >= 4 is 19.4 Å². The van der Waals surface area contributed by atoms with Crippen LogP contribution in [0.2, 0.25) is 13.1 Å². The molecule has 0 amide bonds. The lowest BCUT2D eigenvalue weighted by Crippen LogP contribution is -2.55. The average Bonchev–Trinajstić information content (AvgIpc) is 3.00. The number of hydrogen-bond donors (Lipinski definition) is 1. The molecular formula is C23H29NSi. The van der Waals surface area contributed by atoms with Crippen molar-refractivity contribution < 1.29 is 0 Å². The van der Waals surface area contributed by atoms with Crippen LogP contribution < -0.4 is 4.98 Å². The van der Waals surface area contributed by atoms with Gasteiger partial charge in [-0.3, -0.25) is 0 Å². The van der Waals surface area contributed by atoms with Crippen molar-refractivity contribution in [1.29, 1.82) is 0 Å². The SMILES string of the molecule is CC(C)(C)N[Si](C)(C)C1=CC(c2ccccc2)=C(c2ccccc2)C1. The molecule has 1 aliphatic carbocycles. The summed E-state index contributed by atoms with van der Waals surface area (Å²) in [5.41, 5.74) is 5.64. The Kier molecular flexibility index (Phi) is 4.85. The zero-order valence-corrected chi connectivity index (χ0v) is 17.1. The number of nitrogens with one attached hydrogen (secondary N) is 1. The highest BCUT2D eigenvalue weighted by Gasteiger charge is 2.34. The Labute approximate surface area is 153 Å². The lowest BCUT2D eigenvalue weighted by molar-refractivity contribution is 0.514. The normalized spacial score (nSPS) is 15.5. The summed E-state index contributed by atoms with van der Waals surface area (Å²) in [7, 11) is -1.69. The van der Waals surface area contributed by atoms with Crippen molar-refractivity contribution in [2.24, 2.45) is 0 Å². The Hall–Kier alpha value is -1.90. The zero-order valence-electron chi connectivity index (χ0n) is 16.1. The number of rotatable bonds is 4. The zero-order chi connectivity index (χ0) is 18.1. The van der Waals surface area contributed by atoms with E-state index in [-0.39, 0.29) is 5.54 Å². The van der Waals surface area contributed by atoms with E-state index >= 15 is 0 Å². The molecule has 0 heterocycles. The molecule has 0 atom stereocenters. The van der Waals surface area contributed by atoms with Gasteiger partial charge in [0.15, 0.2) is 0 Å². The van der Waals surface area contributed by atoms with Crippen LogP contribution in [0.4, 0.5) is 0 Å². The summed E-state index contributed by atoms with van der Waals surface area (Å²) in [6.45, 7) is 11.7. The van der Waals surface area contributed by atoms with Crippen molar-refractivity contribution in [3.05, 3.63) is 83.1 Å². The summed E-state index contributed by atoms with van der Waals surface area (Å²) in [5, 5.41) is 1.58. The Morgan fingerprint density at radius 3 is 1.84 bits per heavy atom. The maximum absolute atomic E-state index is 3.93. The lowest BCUT2D eigenvalue weighted by atomic mass is 9.97. The Morgan fingerprint density at radius 2 is 1.32 bits per heavy atom. The van der Waals surface area contributed by atoms with Crippen molar-refractivity contribution in [3.8, 4) is 0 Å². The van der Waals surface area contributed by atoms with Gasteiger partial charge in [-0.25, -0.2) is 0 Å². The summed E-state index contributed by atoms with van der Waals surface area (Å²) in [6, 6.07) is 21.6. The molecule has 2 aromatic rings. The Morgan fingerprint density at radius 1 is 0.800 bits per heavy atom. The van der Waals surface area contributed by atoms with E-state index in [1.807, 2.05) is 0 Å². The lowest BCUT2D eigenvalue weighted by Gasteiger charge is -2.34. The van der Waals surface area contributed by atoms with E-state index in [0.717, 1.165) is 6.42 Å². The van der Waals surface area contributed by atoms with E-state index in [9.17, 15) is 0 Å². The van der Waals surface area contributed by atoms with Crippen LogP contribution in [-0.2, 0) is 0 Å². The van der Waals surface area contributed by atoms with Gasteiger partial charge in [-0.1, -0.05) is 85.0 Å². The quantitative estimate of drug-likeness (QED) is 0.663. The predicted octanol–water partition coefficient (Wildman–Crippen LogP) is 6.06. The van der Waals surface area contributed by atoms with Gasteiger partial charge >= 0.3 is 0 Å². The van der Waals surface area contributed by atoms with Crippen molar-refractivity contribution in [2.75, 3.05) is 0 Å². The molecule has 3 rings (SSSR count). The van der Waals surface area contributed by atoms with E-state index in [4.69, 9.17) is 0 Å². The number of benzene rings is 2. The second kappa shape index (κ2) is 6.78. The Balaban J connectivity index is 2.03. The fourth-order valence-corrected chi connectivity index (χ4v) is 6.95. The largest absolute Gasteiger partial charge is 0.329 e. The summed E-state index contributed by atoms with van der Waals surface area (Å²) in [5.74, 6) is 0. The fourth-order valence-electron chi connectivity index (χ4n) is 3.79. The van der Waals surface area contributed by atoms with E-state index in [0.29, 0.717) is 0 Å². The molecule has 1 nitrogen and oxygen atoms in total. The molecule has 0 fully saturated rings. The van der Waals surface area contributed by atoms with Crippen LogP contribution in [-0.4, -0.2) is 13.8 Å². The highest BCUT2D eigenvalue weighted by molar-refractivity contribution is 6.82. The second-order valence-corrected chi connectivity index (χ2v) is 12.6. The molecule has 0 aliphatic heterocycles. The van der Waals surface area contributed by atoms with Crippen molar-refractivity contribution in [1.82, 2.24) is 4.98 Å². The highest BCUT2D eigenvalue weighted by Crippen LogP contribution is 2.41. The first-order chi connectivity index (χ1) is 11.8.